The molecular weight excluding hydrogens is 270 g/mol. The molecule has 0 aromatic heterocycles. The van der Waals surface area contributed by atoms with E-state index in [0.717, 1.165) is 32.2 Å². The van der Waals surface area contributed by atoms with Gasteiger partial charge >= 0.3 is 0 Å². The molecule has 0 spiro atoms. The Hall–Kier alpha value is -1.57. The number of hydrogen-bond acceptors (Lipinski definition) is 1. The highest BCUT2D eigenvalue weighted by Crippen LogP contribution is 2.04. The third kappa shape index (κ3) is 16.5. The van der Waals surface area contributed by atoms with Crippen molar-refractivity contribution >= 4 is 5.91 Å². The summed E-state index contributed by atoms with van der Waals surface area (Å²) in [5.41, 5.74) is 0. The first-order valence-corrected chi connectivity index (χ1v) is 8.54. The normalized spacial score (nSPS) is 12.5. The lowest BCUT2D eigenvalue weighted by Gasteiger charge is -2.04. The number of allylic oxidation sites excluding steroid dienone is 7. The summed E-state index contributed by atoms with van der Waals surface area (Å²) in [6.07, 6.45) is 23.2. The topological polar surface area (TPSA) is 29.1 Å². The summed E-state index contributed by atoms with van der Waals surface area (Å²) in [5, 5.41) is 2.88. The average molecular weight is 303 g/mol. The SMILES string of the molecule is C/C=C/C=C\C/C=C\CCCCC/C=C/C(=O)NCC(C)C. The van der Waals surface area contributed by atoms with Crippen LogP contribution in [0.3, 0.4) is 0 Å². The number of unbranched alkanes of at least 4 members (excludes halogenated alkanes) is 4. The van der Waals surface area contributed by atoms with Gasteiger partial charge in [-0.1, -0.05) is 62.8 Å². The molecule has 0 atom stereocenters. The summed E-state index contributed by atoms with van der Waals surface area (Å²) < 4.78 is 0. The van der Waals surface area contributed by atoms with Gasteiger partial charge in [-0.25, -0.2) is 0 Å². The summed E-state index contributed by atoms with van der Waals surface area (Å²) >= 11 is 0. The van der Waals surface area contributed by atoms with Gasteiger partial charge in [0.2, 0.25) is 5.91 Å². The van der Waals surface area contributed by atoms with Crippen molar-refractivity contribution in [3.05, 3.63) is 48.6 Å². The second-order valence-electron chi connectivity index (χ2n) is 5.84. The number of nitrogens with one attached hydrogen (secondary N) is 1. The van der Waals surface area contributed by atoms with E-state index in [9.17, 15) is 4.79 Å². The number of carbonyl (C=O) groups is 1. The first kappa shape index (κ1) is 20.4. The van der Waals surface area contributed by atoms with E-state index in [1.807, 2.05) is 25.2 Å². The zero-order valence-corrected chi connectivity index (χ0v) is 14.6. The molecule has 0 radical (unpaired) electrons. The van der Waals surface area contributed by atoms with Gasteiger partial charge in [0.1, 0.15) is 0 Å². The van der Waals surface area contributed by atoms with E-state index < -0.39 is 0 Å². The molecule has 22 heavy (non-hydrogen) atoms. The fraction of sp³-hybridized carbons (Fsp3) is 0.550. The van der Waals surface area contributed by atoms with E-state index in [1.165, 1.54) is 12.8 Å². The van der Waals surface area contributed by atoms with Crippen molar-refractivity contribution in [1.29, 1.82) is 0 Å². The molecule has 0 saturated carbocycles. The zero-order chi connectivity index (χ0) is 16.5. The molecule has 1 N–H and O–H groups in total. The van der Waals surface area contributed by atoms with Crippen molar-refractivity contribution in [2.45, 2.75) is 59.3 Å². The van der Waals surface area contributed by atoms with Crippen molar-refractivity contribution in [2.75, 3.05) is 6.54 Å². The monoisotopic (exact) mass is 303 g/mol. The van der Waals surface area contributed by atoms with Gasteiger partial charge in [0.05, 0.1) is 0 Å². The van der Waals surface area contributed by atoms with Gasteiger partial charge < -0.3 is 5.32 Å². The highest BCUT2D eigenvalue weighted by Gasteiger charge is 1.96. The zero-order valence-electron chi connectivity index (χ0n) is 14.6. The minimum Gasteiger partial charge on any atom is -0.352 e. The number of amides is 1. The van der Waals surface area contributed by atoms with Crippen molar-refractivity contribution in [3.63, 3.8) is 0 Å². The Labute approximate surface area is 137 Å². The molecule has 124 valence electrons. The molecule has 0 rings (SSSR count). The smallest absolute Gasteiger partial charge is 0.243 e. The molecule has 0 fully saturated rings. The molecule has 0 heterocycles. The lowest BCUT2D eigenvalue weighted by molar-refractivity contribution is -0.116. The van der Waals surface area contributed by atoms with Crippen molar-refractivity contribution in [1.82, 2.24) is 5.32 Å². The standard InChI is InChI=1S/C20H33NO/c1-4-5-6-7-8-9-10-11-12-13-14-15-16-17-20(22)21-18-19(2)3/h4-7,9-10,16-17,19H,8,11-15,18H2,1-3H3,(H,21,22)/b5-4+,7-6-,10-9-,17-16+. The second kappa shape index (κ2) is 15.8. The molecule has 0 aliphatic carbocycles. The number of rotatable bonds is 12. The quantitative estimate of drug-likeness (QED) is 0.224. The van der Waals surface area contributed by atoms with Crippen LogP contribution in [-0.2, 0) is 4.79 Å². The van der Waals surface area contributed by atoms with Crippen LogP contribution in [0.4, 0.5) is 0 Å². The van der Waals surface area contributed by atoms with E-state index in [2.05, 4.69) is 43.5 Å². The predicted molar refractivity (Wildman–Crippen MR) is 97.8 cm³/mol. The molecule has 2 heteroatoms. The Kier molecular flexibility index (Phi) is 14.7. The maximum atomic E-state index is 11.4. The molecule has 0 saturated heterocycles. The molecule has 0 aromatic rings. The summed E-state index contributed by atoms with van der Waals surface area (Å²) in [5.74, 6) is 0.534. The maximum absolute atomic E-state index is 11.4. The van der Waals surface area contributed by atoms with E-state index >= 15 is 0 Å². The summed E-state index contributed by atoms with van der Waals surface area (Å²) in [4.78, 5) is 11.4. The first-order valence-electron chi connectivity index (χ1n) is 8.54. The van der Waals surface area contributed by atoms with E-state index in [4.69, 9.17) is 0 Å². The third-order valence-corrected chi connectivity index (χ3v) is 3.07. The Morgan fingerprint density at radius 1 is 0.955 bits per heavy atom. The van der Waals surface area contributed by atoms with Gasteiger partial charge in [-0.2, -0.15) is 0 Å². The van der Waals surface area contributed by atoms with Gasteiger partial charge in [0.25, 0.3) is 0 Å². The largest absolute Gasteiger partial charge is 0.352 e. The Morgan fingerprint density at radius 2 is 1.68 bits per heavy atom. The average Bonchev–Trinajstić information content (AvgIpc) is 2.49. The Morgan fingerprint density at radius 3 is 2.36 bits per heavy atom. The van der Waals surface area contributed by atoms with Crippen molar-refractivity contribution in [3.8, 4) is 0 Å². The number of hydrogen-bond donors (Lipinski definition) is 1. The third-order valence-electron chi connectivity index (χ3n) is 3.07. The van der Waals surface area contributed by atoms with Crippen LogP contribution >= 0.6 is 0 Å². The van der Waals surface area contributed by atoms with Gasteiger partial charge in [0.15, 0.2) is 0 Å². The molecule has 0 aromatic carbocycles. The van der Waals surface area contributed by atoms with E-state index in [0.29, 0.717) is 5.92 Å². The maximum Gasteiger partial charge on any atom is 0.243 e. The van der Waals surface area contributed by atoms with Gasteiger partial charge in [0, 0.05) is 6.54 Å². The number of carbonyl (C=O) groups excluding carboxylic acids is 1. The highest BCUT2D eigenvalue weighted by molar-refractivity contribution is 5.87. The van der Waals surface area contributed by atoms with Crippen LogP contribution in [0.5, 0.6) is 0 Å². The summed E-state index contributed by atoms with van der Waals surface area (Å²) in [6, 6.07) is 0. The summed E-state index contributed by atoms with van der Waals surface area (Å²) in [7, 11) is 0. The molecule has 0 aliphatic rings. The van der Waals surface area contributed by atoms with E-state index in [-0.39, 0.29) is 5.91 Å². The van der Waals surface area contributed by atoms with Crippen LogP contribution in [0.15, 0.2) is 48.6 Å². The highest BCUT2D eigenvalue weighted by atomic mass is 16.1. The molecule has 1 amide bonds. The molecule has 2 nitrogen and oxygen atoms in total. The van der Waals surface area contributed by atoms with Crippen LogP contribution in [-0.4, -0.2) is 12.5 Å². The predicted octanol–water partition coefficient (Wildman–Crippen LogP) is 5.34. The van der Waals surface area contributed by atoms with Crippen LogP contribution in [0.1, 0.15) is 59.3 Å². The van der Waals surface area contributed by atoms with Crippen molar-refractivity contribution in [2.24, 2.45) is 5.92 Å². The fourth-order valence-electron chi connectivity index (χ4n) is 1.82. The molecule has 0 unspecified atom stereocenters. The molecular formula is C20H33NO. The summed E-state index contributed by atoms with van der Waals surface area (Å²) in [6.45, 7) is 6.96. The van der Waals surface area contributed by atoms with Gasteiger partial charge in [-0.15, -0.1) is 0 Å². The van der Waals surface area contributed by atoms with E-state index in [1.54, 1.807) is 6.08 Å². The lowest BCUT2D eigenvalue weighted by atomic mass is 10.1. The molecule has 0 bridgehead atoms. The first-order chi connectivity index (χ1) is 10.7. The minimum absolute atomic E-state index is 0.0302. The van der Waals surface area contributed by atoms with Crippen molar-refractivity contribution < 1.29 is 4.79 Å². The van der Waals surface area contributed by atoms with Crippen LogP contribution in [0.25, 0.3) is 0 Å². The van der Waals surface area contributed by atoms with Crippen LogP contribution in [0.2, 0.25) is 0 Å². The van der Waals surface area contributed by atoms with Gasteiger partial charge in [-0.3, -0.25) is 4.79 Å². The van der Waals surface area contributed by atoms with Crippen LogP contribution in [0, 0.1) is 5.92 Å². The van der Waals surface area contributed by atoms with Crippen LogP contribution < -0.4 is 5.32 Å². The Balaban J connectivity index is 3.42. The fourth-order valence-corrected chi connectivity index (χ4v) is 1.82. The lowest BCUT2D eigenvalue weighted by Crippen LogP contribution is -2.25. The Bertz CT molecular complexity index is 375. The minimum atomic E-state index is 0.0302. The molecule has 0 aliphatic heterocycles. The van der Waals surface area contributed by atoms with Gasteiger partial charge in [-0.05, 0) is 51.0 Å². The second-order valence-corrected chi connectivity index (χ2v) is 5.84.